The third kappa shape index (κ3) is 4.85. The van der Waals surface area contributed by atoms with E-state index in [2.05, 4.69) is 128 Å². The number of thioether (sulfide) groups is 1. The highest BCUT2D eigenvalue weighted by atomic mass is 127. The predicted octanol–water partition coefficient (Wildman–Crippen LogP) is 10.6. The van der Waals surface area contributed by atoms with E-state index in [4.69, 9.17) is 0 Å². The topological polar surface area (TPSA) is 3.24 Å². The lowest BCUT2D eigenvalue weighted by molar-refractivity contribution is 0.608. The number of allylic oxidation sites excluding steroid dienone is 10. The number of hydrogen-bond acceptors (Lipinski definition) is 2. The van der Waals surface area contributed by atoms with Gasteiger partial charge in [-0.15, -0.1) is 83.7 Å². The SMILES string of the molecule is CC1(C)C2=CC(N(C3=CC=CCC3)c3ccccc3)=CCC2c2c1ccc1c2SC2C=CC=CC12.I.I.I. The van der Waals surface area contributed by atoms with Gasteiger partial charge in [-0.25, -0.2) is 0 Å². The van der Waals surface area contributed by atoms with E-state index in [1.807, 2.05) is 0 Å². The molecule has 2 aromatic carbocycles. The summed E-state index contributed by atoms with van der Waals surface area (Å²) < 4.78 is 0. The fourth-order valence-corrected chi connectivity index (χ4v) is 8.28. The van der Waals surface area contributed by atoms with Crippen LogP contribution in [0.15, 0.2) is 119 Å². The maximum atomic E-state index is 2.53. The monoisotopic (exact) mass is 857 g/mol. The number of benzene rings is 2. The van der Waals surface area contributed by atoms with E-state index >= 15 is 0 Å². The molecule has 1 aliphatic heterocycles. The van der Waals surface area contributed by atoms with Crippen LogP contribution in [-0.4, -0.2) is 5.25 Å². The Labute approximate surface area is 282 Å². The van der Waals surface area contributed by atoms with E-state index in [-0.39, 0.29) is 77.3 Å². The Morgan fingerprint density at radius 1 is 0.921 bits per heavy atom. The van der Waals surface area contributed by atoms with E-state index in [1.54, 1.807) is 16.0 Å². The van der Waals surface area contributed by atoms with Crippen LogP contribution in [0.1, 0.15) is 61.6 Å². The van der Waals surface area contributed by atoms with Crippen molar-refractivity contribution >= 4 is 89.4 Å². The van der Waals surface area contributed by atoms with Gasteiger partial charge in [0.2, 0.25) is 0 Å². The minimum Gasteiger partial charge on any atom is -0.315 e. The zero-order valence-electron chi connectivity index (χ0n) is 21.7. The lowest BCUT2D eigenvalue weighted by Crippen LogP contribution is -2.25. The van der Waals surface area contributed by atoms with E-state index in [0.29, 0.717) is 17.1 Å². The van der Waals surface area contributed by atoms with Gasteiger partial charge in [-0.1, -0.05) is 92.3 Å². The smallest absolute Gasteiger partial charge is 0.0458 e. The molecule has 5 heteroatoms. The summed E-state index contributed by atoms with van der Waals surface area (Å²) in [6.45, 7) is 4.88. The maximum absolute atomic E-state index is 2.53. The Kier molecular flexibility index (Phi) is 9.52. The molecular weight excluding hydrogens is 823 g/mol. The summed E-state index contributed by atoms with van der Waals surface area (Å²) in [5, 5.41) is 0.548. The molecule has 0 spiro atoms. The van der Waals surface area contributed by atoms with Crippen LogP contribution in [0.2, 0.25) is 0 Å². The number of anilines is 1. The highest BCUT2D eigenvalue weighted by Gasteiger charge is 2.46. The van der Waals surface area contributed by atoms with Crippen molar-refractivity contribution in [2.45, 2.75) is 60.5 Å². The first-order valence-electron chi connectivity index (χ1n) is 12.9. The minimum absolute atomic E-state index is 0. The molecule has 0 amide bonds. The van der Waals surface area contributed by atoms with Crippen molar-refractivity contribution < 1.29 is 0 Å². The third-order valence-electron chi connectivity index (χ3n) is 8.46. The molecule has 1 nitrogen and oxygen atoms in total. The van der Waals surface area contributed by atoms with Gasteiger partial charge in [-0.05, 0) is 60.2 Å². The number of halogens is 3. The molecule has 5 aliphatic rings. The molecule has 38 heavy (non-hydrogen) atoms. The molecule has 1 heterocycles. The van der Waals surface area contributed by atoms with Gasteiger partial charge < -0.3 is 4.90 Å². The molecular formula is C33H34I3NS. The highest BCUT2D eigenvalue weighted by Crippen LogP contribution is 2.60. The number of nitrogens with zero attached hydrogens (tertiary/aromatic N) is 1. The first kappa shape index (κ1) is 30.2. The standard InChI is InChI=1S/C33H31NS.3HI/c1-33(2)28-20-19-26-25-15-9-10-16-30(25)35-32(26)31(28)27-18-17-24(21-29(27)33)34(22-11-5-3-6-12-22)23-13-7-4-8-14-23;;;/h3-7,9-13,15-17,19-21,25,27,30H,8,14,18H2,1-2H3;3*1H. The largest absolute Gasteiger partial charge is 0.315 e. The van der Waals surface area contributed by atoms with Crippen molar-refractivity contribution in [1.29, 1.82) is 0 Å². The Morgan fingerprint density at radius 2 is 1.71 bits per heavy atom. The predicted molar refractivity (Wildman–Crippen MR) is 195 cm³/mol. The van der Waals surface area contributed by atoms with Gasteiger partial charge in [0.25, 0.3) is 0 Å². The average molecular weight is 857 g/mol. The summed E-state index contributed by atoms with van der Waals surface area (Å²) >= 11 is 2.10. The van der Waals surface area contributed by atoms with Crippen molar-refractivity contribution in [1.82, 2.24) is 0 Å². The van der Waals surface area contributed by atoms with E-state index in [0.717, 1.165) is 19.3 Å². The molecule has 198 valence electrons. The fraction of sp³-hybridized carbons (Fsp3) is 0.273. The molecule has 0 saturated heterocycles. The summed E-state index contributed by atoms with van der Waals surface area (Å²) in [7, 11) is 0. The third-order valence-corrected chi connectivity index (χ3v) is 9.87. The molecule has 0 bridgehead atoms. The van der Waals surface area contributed by atoms with Gasteiger partial charge in [0.1, 0.15) is 0 Å². The summed E-state index contributed by atoms with van der Waals surface area (Å²) in [6.07, 6.45) is 24.3. The van der Waals surface area contributed by atoms with E-state index < -0.39 is 0 Å². The molecule has 2 aromatic rings. The van der Waals surface area contributed by atoms with Crippen molar-refractivity contribution in [2.24, 2.45) is 0 Å². The van der Waals surface area contributed by atoms with Crippen LogP contribution in [-0.2, 0) is 5.41 Å². The Balaban J connectivity index is 0.00000112. The molecule has 0 fully saturated rings. The summed E-state index contributed by atoms with van der Waals surface area (Å²) in [5.41, 5.74) is 10.3. The van der Waals surface area contributed by atoms with Crippen molar-refractivity contribution in [2.75, 3.05) is 4.90 Å². The average Bonchev–Trinajstić information content (AvgIpc) is 3.38. The van der Waals surface area contributed by atoms with Crippen molar-refractivity contribution in [3.8, 4) is 0 Å². The molecule has 7 rings (SSSR count). The Hall–Kier alpha value is -0.780. The highest BCUT2D eigenvalue weighted by molar-refractivity contribution is 14.0. The molecule has 0 aromatic heterocycles. The Morgan fingerprint density at radius 3 is 2.47 bits per heavy atom. The van der Waals surface area contributed by atoms with Crippen LogP contribution in [0.25, 0.3) is 0 Å². The molecule has 3 unspecified atom stereocenters. The summed E-state index contributed by atoms with van der Waals surface area (Å²) in [6, 6.07) is 15.8. The second kappa shape index (κ2) is 12.0. The second-order valence-corrected chi connectivity index (χ2v) is 11.9. The molecule has 0 radical (unpaired) electrons. The lowest BCUT2D eigenvalue weighted by atomic mass is 9.78. The van der Waals surface area contributed by atoms with Crippen LogP contribution >= 0.6 is 83.7 Å². The van der Waals surface area contributed by atoms with Gasteiger partial charge in [0.05, 0.1) is 0 Å². The number of hydrogen-bond donors (Lipinski definition) is 0. The maximum Gasteiger partial charge on any atom is 0.0458 e. The van der Waals surface area contributed by atoms with Crippen LogP contribution in [0, 0.1) is 0 Å². The number of rotatable bonds is 3. The number of fused-ring (bicyclic) bond motifs is 7. The second-order valence-electron chi connectivity index (χ2n) is 10.8. The van der Waals surface area contributed by atoms with Crippen LogP contribution in [0.3, 0.4) is 0 Å². The van der Waals surface area contributed by atoms with Crippen LogP contribution in [0.4, 0.5) is 5.69 Å². The first-order valence-corrected chi connectivity index (χ1v) is 13.8. The quantitative estimate of drug-likeness (QED) is 0.283. The van der Waals surface area contributed by atoms with Gasteiger partial charge >= 0.3 is 0 Å². The van der Waals surface area contributed by atoms with Gasteiger partial charge in [0.15, 0.2) is 0 Å². The summed E-state index contributed by atoms with van der Waals surface area (Å²) in [4.78, 5) is 4.06. The van der Waals surface area contributed by atoms with Crippen molar-refractivity contribution in [3.05, 3.63) is 131 Å². The lowest BCUT2D eigenvalue weighted by Gasteiger charge is -2.34. The van der Waals surface area contributed by atoms with Crippen LogP contribution < -0.4 is 4.90 Å². The van der Waals surface area contributed by atoms with E-state index in [1.165, 1.54) is 28.2 Å². The molecule has 0 N–H and O–H groups in total. The fourth-order valence-electron chi connectivity index (χ4n) is 6.74. The zero-order chi connectivity index (χ0) is 23.6. The van der Waals surface area contributed by atoms with Gasteiger partial charge in [0, 0.05) is 44.5 Å². The Bertz CT molecular complexity index is 1400. The van der Waals surface area contributed by atoms with Crippen molar-refractivity contribution in [3.63, 3.8) is 0 Å². The van der Waals surface area contributed by atoms with Gasteiger partial charge in [-0.2, -0.15) is 0 Å². The van der Waals surface area contributed by atoms with E-state index in [9.17, 15) is 0 Å². The molecule has 0 saturated carbocycles. The zero-order valence-corrected chi connectivity index (χ0v) is 29.5. The minimum atomic E-state index is 0. The molecule has 4 aliphatic carbocycles. The number of para-hydroxylation sites is 1. The first-order chi connectivity index (χ1) is 17.1. The normalized spacial score (nSPS) is 24.7. The summed E-state index contributed by atoms with van der Waals surface area (Å²) in [5.74, 6) is 1.01. The molecule has 3 atom stereocenters. The van der Waals surface area contributed by atoms with Crippen LogP contribution in [0.5, 0.6) is 0 Å². The van der Waals surface area contributed by atoms with Gasteiger partial charge in [-0.3, -0.25) is 0 Å².